The quantitative estimate of drug-likeness (QED) is 0.361. The predicted octanol–water partition coefficient (Wildman–Crippen LogP) is 3.82. The first-order chi connectivity index (χ1) is 22.4. The van der Waals surface area contributed by atoms with Crippen LogP contribution in [0.4, 0.5) is 0 Å². The van der Waals surface area contributed by atoms with E-state index in [4.69, 9.17) is 4.74 Å². The Balaban J connectivity index is 1.31. The van der Waals surface area contributed by atoms with Crippen molar-refractivity contribution in [3.8, 4) is 0 Å². The van der Waals surface area contributed by atoms with Crippen LogP contribution in [0.2, 0.25) is 0 Å². The van der Waals surface area contributed by atoms with E-state index in [0.717, 1.165) is 16.7 Å². The van der Waals surface area contributed by atoms with E-state index in [1.165, 1.54) is 10.6 Å². The van der Waals surface area contributed by atoms with Crippen molar-refractivity contribution in [2.75, 3.05) is 19.6 Å². The van der Waals surface area contributed by atoms with Gasteiger partial charge in [0.2, 0.25) is 11.8 Å². The van der Waals surface area contributed by atoms with Crippen LogP contribution in [0, 0.1) is 0 Å². The van der Waals surface area contributed by atoms with Crippen molar-refractivity contribution in [2.45, 2.75) is 75.9 Å². The molecule has 1 aliphatic carbocycles. The van der Waals surface area contributed by atoms with E-state index >= 15 is 0 Å². The van der Waals surface area contributed by atoms with Crippen LogP contribution in [0.15, 0.2) is 77.7 Å². The summed E-state index contributed by atoms with van der Waals surface area (Å²) in [5.74, 6) is -1.41. The molecule has 0 radical (unpaired) electrons. The number of pyridine rings is 1. The molecule has 47 heavy (non-hydrogen) atoms. The van der Waals surface area contributed by atoms with Crippen molar-refractivity contribution in [1.29, 1.82) is 0 Å². The van der Waals surface area contributed by atoms with Gasteiger partial charge in [0.15, 0.2) is 0 Å². The van der Waals surface area contributed by atoms with Crippen LogP contribution >= 0.6 is 0 Å². The van der Waals surface area contributed by atoms with Gasteiger partial charge in [-0.2, -0.15) is 0 Å². The van der Waals surface area contributed by atoms with Crippen molar-refractivity contribution in [2.24, 2.45) is 7.05 Å². The highest BCUT2D eigenvalue weighted by Gasteiger charge is 2.48. The van der Waals surface area contributed by atoms with Gasteiger partial charge < -0.3 is 24.8 Å². The number of esters is 1. The number of amides is 3. The average Bonchev–Trinajstić information content (AvgIpc) is 3.05. The first kappa shape index (κ1) is 33.6. The Bertz CT molecular complexity index is 1690. The second-order valence-electron chi connectivity index (χ2n) is 13.5. The molecule has 10 nitrogen and oxygen atoms in total. The van der Waals surface area contributed by atoms with Gasteiger partial charge in [-0.25, -0.2) is 0 Å². The summed E-state index contributed by atoms with van der Waals surface area (Å²) >= 11 is 0. The van der Waals surface area contributed by atoms with Crippen molar-refractivity contribution < 1.29 is 23.9 Å². The van der Waals surface area contributed by atoms with Crippen LogP contribution in [-0.2, 0) is 31.6 Å². The van der Waals surface area contributed by atoms with Crippen molar-refractivity contribution >= 4 is 23.7 Å². The van der Waals surface area contributed by atoms with E-state index in [9.17, 15) is 24.0 Å². The molecule has 2 aromatic carbocycles. The Kier molecular flexibility index (Phi) is 9.98. The second-order valence-corrected chi connectivity index (χ2v) is 13.5. The highest BCUT2D eigenvalue weighted by atomic mass is 16.6. The van der Waals surface area contributed by atoms with Gasteiger partial charge in [0.05, 0.1) is 17.8 Å². The molecule has 3 aromatic rings. The first-order valence-electron chi connectivity index (χ1n) is 16.3. The van der Waals surface area contributed by atoms with Crippen molar-refractivity contribution in [3.05, 3.63) is 106 Å². The molecule has 1 aliphatic heterocycles. The summed E-state index contributed by atoms with van der Waals surface area (Å²) in [4.78, 5) is 67.6. The maximum absolute atomic E-state index is 14.2. The molecule has 2 atom stereocenters. The Labute approximate surface area is 275 Å². The number of nitrogens with zero attached hydrogens (tertiary/aromatic N) is 2. The zero-order chi connectivity index (χ0) is 33.8. The number of hydrogen-bond donors (Lipinski definition) is 2. The molecule has 5 rings (SSSR count). The van der Waals surface area contributed by atoms with Crippen molar-refractivity contribution in [1.82, 2.24) is 20.1 Å². The van der Waals surface area contributed by atoms with Crippen LogP contribution in [0.3, 0.4) is 0 Å². The largest absolute Gasteiger partial charge is 0.460 e. The van der Waals surface area contributed by atoms with E-state index in [1.807, 2.05) is 59.5 Å². The normalized spacial score (nSPS) is 19.7. The summed E-state index contributed by atoms with van der Waals surface area (Å²) in [7, 11) is 1.61. The van der Waals surface area contributed by atoms with Gasteiger partial charge >= 0.3 is 5.97 Å². The average molecular weight is 641 g/mol. The SMILES string of the molecule is Cn1cccc(C(=O)NC2CCN(C(=O)[C@H]3CC[C@@](C(=O)NCCC(=O)OC(C)(C)C)(c4ccccc4)c4ccccc43)CC2)c1=O. The number of nitrogens with one attached hydrogen (secondary N) is 2. The first-order valence-corrected chi connectivity index (χ1v) is 16.3. The monoisotopic (exact) mass is 640 g/mol. The topological polar surface area (TPSA) is 127 Å². The molecular formula is C37H44N4O6. The lowest BCUT2D eigenvalue weighted by Crippen LogP contribution is -2.51. The van der Waals surface area contributed by atoms with Crippen LogP contribution in [-0.4, -0.2) is 64.4 Å². The van der Waals surface area contributed by atoms with E-state index < -0.39 is 22.8 Å². The molecule has 1 aromatic heterocycles. The van der Waals surface area contributed by atoms with Crippen LogP contribution in [0.25, 0.3) is 0 Å². The fourth-order valence-electron chi connectivity index (χ4n) is 6.81. The highest BCUT2D eigenvalue weighted by Crippen LogP contribution is 2.48. The van der Waals surface area contributed by atoms with E-state index in [1.54, 1.807) is 40.1 Å². The standard InChI is InChI=1S/C37H44N4O6/c1-36(2,3)47-31(42)17-21-38-35(46)37(25-11-6-5-7-12-25)20-16-28(27-13-8-9-15-30(27)37)34(45)41-23-18-26(19-24-41)39-32(43)29-14-10-22-40(4)33(29)44/h5-15,22,26,28H,16-21,23-24H2,1-4H3,(H,38,46)(H,39,43)/t28-,37+/m0/s1. The molecule has 1 fully saturated rings. The fraction of sp³-hybridized carbons (Fsp3) is 0.432. The third kappa shape index (κ3) is 7.32. The maximum atomic E-state index is 14.2. The molecule has 0 spiro atoms. The minimum atomic E-state index is -1.03. The van der Waals surface area contributed by atoms with Gasteiger partial charge in [0, 0.05) is 38.9 Å². The zero-order valence-electron chi connectivity index (χ0n) is 27.6. The number of benzene rings is 2. The second kappa shape index (κ2) is 13.9. The highest BCUT2D eigenvalue weighted by molar-refractivity contribution is 5.95. The maximum Gasteiger partial charge on any atom is 0.308 e. The third-order valence-electron chi connectivity index (χ3n) is 9.10. The molecule has 10 heteroatoms. The number of piperidine rings is 1. The van der Waals surface area contributed by atoms with Gasteiger partial charge in [-0.15, -0.1) is 0 Å². The lowest BCUT2D eigenvalue weighted by atomic mass is 9.62. The third-order valence-corrected chi connectivity index (χ3v) is 9.10. The van der Waals surface area contributed by atoms with Gasteiger partial charge in [0.25, 0.3) is 11.5 Å². The summed E-state index contributed by atoms with van der Waals surface area (Å²) in [6, 6.07) is 20.3. The molecule has 0 saturated carbocycles. The van der Waals surface area contributed by atoms with Crippen LogP contribution in [0.1, 0.15) is 85.8 Å². The van der Waals surface area contributed by atoms with Gasteiger partial charge in [-0.1, -0.05) is 54.6 Å². The number of aromatic nitrogens is 1. The number of carbonyl (C=O) groups is 4. The van der Waals surface area contributed by atoms with E-state index in [0.29, 0.717) is 38.8 Å². The molecule has 2 aliphatic rings. The fourth-order valence-corrected chi connectivity index (χ4v) is 6.81. The Morgan fingerprint density at radius 2 is 1.60 bits per heavy atom. The zero-order valence-corrected chi connectivity index (χ0v) is 27.6. The number of fused-ring (bicyclic) bond motifs is 1. The number of likely N-dealkylation sites (tertiary alicyclic amines) is 1. The van der Waals surface area contributed by atoms with E-state index in [-0.39, 0.29) is 47.9 Å². The smallest absolute Gasteiger partial charge is 0.308 e. The Morgan fingerprint density at radius 1 is 0.915 bits per heavy atom. The summed E-state index contributed by atoms with van der Waals surface area (Å²) in [6.07, 6.45) is 3.70. The summed E-state index contributed by atoms with van der Waals surface area (Å²) in [5, 5.41) is 5.98. The van der Waals surface area contributed by atoms with Crippen LogP contribution < -0.4 is 16.2 Å². The molecule has 3 amide bonds. The summed E-state index contributed by atoms with van der Waals surface area (Å²) in [5.41, 5.74) is 0.552. The lowest BCUT2D eigenvalue weighted by Gasteiger charge is -2.42. The molecular weight excluding hydrogens is 596 g/mol. The lowest BCUT2D eigenvalue weighted by molar-refractivity contribution is -0.154. The minimum Gasteiger partial charge on any atom is -0.460 e. The predicted molar refractivity (Wildman–Crippen MR) is 178 cm³/mol. The van der Waals surface area contributed by atoms with Gasteiger partial charge in [0.1, 0.15) is 11.2 Å². The Hall–Kier alpha value is -4.73. The van der Waals surface area contributed by atoms with E-state index in [2.05, 4.69) is 10.6 Å². The van der Waals surface area contributed by atoms with Crippen LogP contribution in [0.5, 0.6) is 0 Å². The molecule has 2 N–H and O–H groups in total. The molecule has 248 valence electrons. The summed E-state index contributed by atoms with van der Waals surface area (Å²) < 4.78 is 6.79. The minimum absolute atomic E-state index is 0.00570. The molecule has 0 unspecified atom stereocenters. The summed E-state index contributed by atoms with van der Waals surface area (Å²) in [6.45, 7) is 6.51. The van der Waals surface area contributed by atoms with Gasteiger partial charge in [-0.05, 0) is 75.3 Å². The number of ether oxygens (including phenoxy) is 1. The molecule has 0 bridgehead atoms. The van der Waals surface area contributed by atoms with Crippen molar-refractivity contribution in [3.63, 3.8) is 0 Å². The number of hydrogen-bond acceptors (Lipinski definition) is 6. The Morgan fingerprint density at radius 3 is 2.30 bits per heavy atom. The molecule has 2 heterocycles. The number of carbonyl (C=O) groups excluding carboxylic acids is 4. The molecule has 1 saturated heterocycles. The number of rotatable bonds is 8. The number of aryl methyl sites for hydroxylation is 1. The van der Waals surface area contributed by atoms with Gasteiger partial charge in [-0.3, -0.25) is 24.0 Å².